The van der Waals surface area contributed by atoms with Crippen molar-refractivity contribution in [3.63, 3.8) is 0 Å². The molecule has 0 fully saturated rings. The highest BCUT2D eigenvalue weighted by Crippen LogP contribution is 2.03. The van der Waals surface area contributed by atoms with Crippen LogP contribution in [0.2, 0.25) is 0 Å². The quantitative estimate of drug-likeness (QED) is 0.618. The molecular weight excluding hydrogens is 220 g/mol. The van der Waals surface area contributed by atoms with Crippen LogP contribution in [0, 0.1) is 5.92 Å². The molecule has 0 saturated carbocycles. The van der Waals surface area contributed by atoms with Crippen LogP contribution in [0.5, 0.6) is 0 Å². The number of aliphatic carboxylic acids is 1. The minimum Gasteiger partial charge on any atom is -0.478 e. The van der Waals surface area contributed by atoms with E-state index in [1.807, 2.05) is 18.7 Å². The van der Waals surface area contributed by atoms with Crippen molar-refractivity contribution in [1.82, 2.24) is 4.90 Å². The minimum atomic E-state index is -0.906. The highest BCUT2D eigenvalue weighted by molar-refractivity contribution is 5.86. The summed E-state index contributed by atoms with van der Waals surface area (Å²) in [7, 11) is 0. The third-order valence-corrected chi connectivity index (χ3v) is 2.25. The van der Waals surface area contributed by atoms with Crippen LogP contribution in [0.3, 0.4) is 0 Å². The molecule has 0 spiro atoms. The van der Waals surface area contributed by atoms with E-state index in [4.69, 9.17) is 10.8 Å². The zero-order valence-electron chi connectivity index (χ0n) is 10.8. The van der Waals surface area contributed by atoms with Crippen LogP contribution >= 0.6 is 0 Å². The smallest absolute Gasteiger partial charge is 0.331 e. The van der Waals surface area contributed by atoms with Gasteiger partial charge in [-0.2, -0.15) is 0 Å². The lowest BCUT2D eigenvalue weighted by atomic mass is 10.1. The summed E-state index contributed by atoms with van der Waals surface area (Å²) >= 11 is 0. The molecule has 5 nitrogen and oxygen atoms in total. The third-order valence-electron chi connectivity index (χ3n) is 2.25. The maximum absolute atomic E-state index is 10.9. The lowest BCUT2D eigenvalue weighted by molar-refractivity contribution is -0.132. The second-order valence-corrected chi connectivity index (χ2v) is 4.44. The lowest BCUT2D eigenvalue weighted by Crippen LogP contribution is -2.36. The molecule has 1 amide bonds. The van der Waals surface area contributed by atoms with E-state index in [-0.39, 0.29) is 6.54 Å². The van der Waals surface area contributed by atoms with Gasteiger partial charge in [-0.05, 0) is 12.3 Å². The minimum absolute atomic E-state index is 0.158. The first-order valence-electron chi connectivity index (χ1n) is 5.79. The Morgan fingerprint density at radius 2 is 2.00 bits per heavy atom. The monoisotopic (exact) mass is 242 g/mol. The number of carbonyl (C=O) groups is 2. The van der Waals surface area contributed by atoms with Crippen LogP contribution in [0.1, 0.15) is 27.2 Å². The maximum Gasteiger partial charge on any atom is 0.331 e. The summed E-state index contributed by atoms with van der Waals surface area (Å²) in [6.07, 6.45) is 2.12. The summed E-state index contributed by atoms with van der Waals surface area (Å²) in [5.74, 6) is -0.902. The predicted octanol–water partition coefficient (Wildman–Crippen LogP) is 0.851. The Bertz CT molecular complexity index is 298. The molecule has 0 atom stereocenters. The number of nitrogens with two attached hydrogens (primary N) is 1. The van der Waals surface area contributed by atoms with Gasteiger partial charge in [0.05, 0.1) is 6.54 Å². The van der Waals surface area contributed by atoms with Gasteiger partial charge in [0.15, 0.2) is 0 Å². The van der Waals surface area contributed by atoms with Gasteiger partial charge >= 0.3 is 5.97 Å². The topological polar surface area (TPSA) is 83.6 Å². The first kappa shape index (κ1) is 15.6. The summed E-state index contributed by atoms with van der Waals surface area (Å²) in [6, 6.07) is 0. The van der Waals surface area contributed by atoms with E-state index in [1.165, 1.54) is 0 Å². The fourth-order valence-corrected chi connectivity index (χ4v) is 1.56. The molecular formula is C12H22N2O3. The summed E-state index contributed by atoms with van der Waals surface area (Å²) in [6.45, 7) is 7.18. The zero-order valence-corrected chi connectivity index (χ0v) is 10.8. The summed E-state index contributed by atoms with van der Waals surface area (Å²) in [5, 5.41) is 8.87. The summed E-state index contributed by atoms with van der Waals surface area (Å²) in [4.78, 5) is 23.5. The second kappa shape index (κ2) is 7.84. The first-order valence-corrected chi connectivity index (χ1v) is 5.79. The standard InChI is InChI=1S/C12H22N2O3/c1-4-10(12(16)17)5-6-14(7-9(2)3)8-11(13)15/h5,9H,4,6-8H2,1-3H3,(H2,13,15)(H,16,17). The molecule has 5 heteroatoms. The first-order chi connectivity index (χ1) is 7.86. The van der Waals surface area contributed by atoms with Crippen molar-refractivity contribution in [1.29, 1.82) is 0 Å². The molecule has 0 rings (SSSR count). The molecule has 98 valence electrons. The number of primary amides is 1. The van der Waals surface area contributed by atoms with Gasteiger partial charge in [0.25, 0.3) is 0 Å². The van der Waals surface area contributed by atoms with Gasteiger partial charge in [-0.25, -0.2) is 4.79 Å². The Hall–Kier alpha value is -1.36. The largest absolute Gasteiger partial charge is 0.478 e. The van der Waals surface area contributed by atoms with Gasteiger partial charge < -0.3 is 10.8 Å². The van der Waals surface area contributed by atoms with Crippen molar-refractivity contribution in [2.75, 3.05) is 19.6 Å². The number of carboxylic acid groups (broad SMARTS) is 1. The molecule has 0 aromatic rings. The second-order valence-electron chi connectivity index (χ2n) is 4.44. The van der Waals surface area contributed by atoms with Crippen LogP contribution < -0.4 is 5.73 Å². The summed E-state index contributed by atoms with van der Waals surface area (Å²) < 4.78 is 0. The van der Waals surface area contributed by atoms with Crippen molar-refractivity contribution in [3.05, 3.63) is 11.6 Å². The van der Waals surface area contributed by atoms with E-state index in [0.29, 0.717) is 24.5 Å². The van der Waals surface area contributed by atoms with E-state index in [2.05, 4.69) is 0 Å². The zero-order chi connectivity index (χ0) is 13.4. The Morgan fingerprint density at radius 1 is 1.41 bits per heavy atom. The van der Waals surface area contributed by atoms with Gasteiger partial charge in [0.1, 0.15) is 0 Å². The molecule has 0 bridgehead atoms. The number of carboxylic acids is 1. The van der Waals surface area contributed by atoms with Gasteiger partial charge in [-0.1, -0.05) is 26.8 Å². The molecule has 0 radical (unpaired) electrons. The van der Waals surface area contributed by atoms with Gasteiger partial charge in [-0.3, -0.25) is 9.69 Å². The van der Waals surface area contributed by atoms with Crippen molar-refractivity contribution in [3.8, 4) is 0 Å². The van der Waals surface area contributed by atoms with Crippen molar-refractivity contribution < 1.29 is 14.7 Å². The van der Waals surface area contributed by atoms with Crippen LogP contribution in [0.15, 0.2) is 11.6 Å². The highest BCUT2D eigenvalue weighted by Gasteiger charge is 2.10. The Balaban J connectivity index is 4.51. The Labute approximate surface area is 102 Å². The molecule has 0 aliphatic carbocycles. The highest BCUT2D eigenvalue weighted by atomic mass is 16.4. The number of hydrogen-bond donors (Lipinski definition) is 2. The summed E-state index contributed by atoms with van der Waals surface area (Å²) in [5.41, 5.74) is 5.51. The maximum atomic E-state index is 10.9. The average molecular weight is 242 g/mol. The van der Waals surface area contributed by atoms with Crippen molar-refractivity contribution in [2.45, 2.75) is 27.2 Å². The van der Waals surface area contributed by atoms with Crippen LogP contribution in [-0.2, 0) is 9.59 Å². The lowest BCUT2D eigenvalue weighted by Gasteiger charge is -2.21. The third kappa shape index (κ3) is 7.52. The molecule has 3 N–H and O–H groups in total. The van der Waals surface area contributed by atoms with E-state index in [9.17, 15) is 9.59 Å². The molecule has 0 aromatic heterocycles. The number of carbonyl (C=O) groups excluding carboxylic acids is 1. The van der Waals surface area contributed by atoms with Gasteiger partial charge in [0, 0.05) is 18.7 Å². The van der Waals surface area contributed by atoms with Crippen LogP contribution in [0.25, 0.3) is 0 Å². The Morgan fingerprint density at radius 3 is 2.35 bits per heavy atom. The number of nitrogens with zero attached hydrogens (tertiary/aromatic N) is 1. The molecule has 0 aliphatic heterocycles. The molecule has 0 saturated heterocycles. The fourth-order valence-electron chi connectivity index (χ4n) is 1.56. The van der Waals surface area contributed by atoms with Crippen molar-refractivity contribution >= 4 is 11.9 Å². The number of amides is 1. The Kier molecular flexibility index (Phi) is 7.21. The molecule has 0 unspecified atom stereocenters. The van der Waals surface area contributed by atoms with Crippen LogP contribution in [-0.4, -0.2) is 41.5 Å². The molecule has 17 heavy (non-hydrogen) atoms. The predicted molar refractivity (Wildman–Crippen MR) is 66.5 cm³/mol. The van der Waals surface area contributed by atoms with Crippen molar-refractivity contribution in [2.24, 2.45) is 11.7 Å². The van der Waals surface area contributed by atoms with Gasteiger partial charge in [-0.15, -0.1) is 0 Å². The van der Waals surface area contributed by atoms with Gasteiger partial charge in [0.2, 0.25) is 5.91 Å². The van der Waals surface area contributed by atoms with Crippen LogP contribution in [0.4, 0.5) is 0 Å². The van der Waals surface area contributed by atoms with E-state index in [1.54, 1.807) is 13.0 Å². The normalized spacial score (nSPS) is 12.2. The van der Waals surface area contributed by atoms with E-state index in [0.717, 1.165) is 6.54 Å². The fraction of sp³-hybridized carbons (Fsp3) is 0.667. The SMILES string of the molecule is CCC(=CCN(CC(N)=O)CC(C)C)C(=O)O. The molecule has 0 aliphatic rings. The van der Waals surface area contributed by atoms with E-state index < -0.39 is 11.9 Å². The molecule has 0 aromatic carbocycles. The number of rotatable bonds is 8. The van der Waals surface area contributed by atoms with E-state index >= 15 is 0 Å². The number of hydrogen-bond acceptors (Lipinski definition) is 3. The average Bonchev–Trinajstić information content (AvgIpc) is 2.15. The molecule has 0 heterocycles.